The van der Waals surface area contributed by atoms with E-state index in [4.69, 9.17) is 32.7 Å². The fourth-order valence-electron chi connectivity index (χ4n) is 3.01. The van der Waals surface area contributed by atoms with Crippen LogP contribution in [0.1, 0.15) is 0 Å². The Hall–Kier alpha value is -2.67. The molecule has 0 radical (unpaired) electrons. The summed E-state index contributed by atoms with van der Waals surface area (Å²) in [5, 5.41) is 10.7. The molecule has 0 fully saturated rings. The average molecular weight is 472 g/mol. The molecule has 4 aromatic rings. The van der Waals surface area contributed by atoms with Crippen LogP contribution in [0.5, 0.6) is 11.5 Å². The van der Waals surface area contributed by atoms with Gasteiger partial charge in [0.2, 0.25) is 0 Å². The van der Waals surface area contributed by atoms with Gasteiger partial charge in [0.1, 0.15) is 11.5 Å². The van der Waals surface area contributed by atoms with Crippen LogP contribution in [-0.4, -0.2) is 34.2 Å². The maximum atomic E-state index is 6.39. The van der Waals surface area contributed by atoms with Gasteiger partial charge in [0, 0.05) is 11.3 Å². The summed E-state index contributed by atoms with van der Waals surface area (Å²) in [5.74, 6) is 2.68. The molecule has 0 bridgehead atoms. The van der Waals surface area contributed by atoms with Crippen LogP contribution in [0.25, 0.3) is 17.1 Å². The summed E-state index contributed by atoms with van der Waals surface area (Å²) < 4.78 is 13.1. The Bertz CT molecular complexity index is 1170. The number of benzene rings is 3. The number of rotatable bonds is 8. The van der Waals surface area contributed by atoms with Crippen LogP contribution in [0.4, 0.5) is 0 Å². The number of ether oxygens (including phenoxy) is 2. The standard InChI is InChI=1S/C23H19Cl2N3O2S/c1-29-20-12-11-17(15-19(20)25)28-22(16-7-3-2-4-8-16)26-27-23(28)31-14-13-30-21-10-6-5-9-18(21)24/h2-12,15H,13-14H2,1H3. The normalized spacial score (nSPS) is 10.8. The molecule has 3 aromatic carbocycles. The molecule has 0 aliphatic heterocycles. The summed E-state index contributed by atoms with van der Waals surface area (Å²) in [4.78, 5) is 0. The van der Waals surface area contributed by atoms with Crippen molar-refractivity contribution in [3.63, 3.8) is 0 Å². The van der Waals surface area contributed by atoms with Crippen LogP contribution in [0.2, 0.25) is 10.0 Å². The number of aromatic nitrogens is 3. The number of hydrogen-bond acceptors (Lipinski definition) is 5. The van der Waals surface area contributed by atoms with Gasteiger partial charge in [-0.25, -0.2) is 0 Å². The lowest BCUT2D eigenvalue weighted by Crippen LogP contribution is -2.04. The number of para-hydroxylation sites is 1. The number of halogens is 2. The molecule has 1 aromatic heterocycles. The highest BCUT2D eigenvalue weighted by Gasteiger charge is 2.17. The largest absolute Gasteiger partial charge is 0.495 e. The van der Waals surface area contributed by atoms with Crippen molar-refractivity contribution in [3.05, 3.63) is 82.8 Å². The van der Waals surface area contributed by atoms with Crippen LogP contribution >= 0.6 is 35.0 Å². The second kappa shape index (κ2) is 10.1. The van der Waals surface area contributed by atoms with Crippen molar-refractivity contribution in [1.29, 1.82) is 0 Å². The fourth-order valence-corrected chi connectivity index (χ4v) is 4.22. The number of methoxy groups -OCH3 is 1. The van der Waals surface area contributed by atoms with E-state index in [9.17, 15) is 0 Å². The minimum Gasteiger partial charge on any atom is -0.495 e. The van der Waals surface area contributed by atoms with Crippen LogP contribution in [0, 0.1) is 0 Å². The summed E-state index contributed by atoms with van der Waals surface area (Å²) >= 11 is 14.1. The zero-order valence-corrected chi connectivity index (χ0v) is 19.0. The highest BCUT2D eigenvalue weighted by molar-refractivity contribution is 7.99. The van der Waals surface area contributed by atoms with Crippen molar-refractivity contribution < 1.29 is 9.47 Å². The van der Waals surface area contributed by atoms with Crippen molar-refractivity contribution in [1.82, 2.24) is 14.8 Å². The van der Waals surface area contributed by atoms with Gasteiger partial charge in [0.15, 0.2) is 11.0 Å². The highest BCUT2D eigenvalue weighted by atomic mass is 35.5. The third kappa shape index (κ3) is 4.98. The molecule has 4 rings (SSSR count). The Morgan fingerprint density at radius 1 is 0.871 bits per heavy atom. The molecular formula is C23H19Cl2N3O2S. The van der Waals surface area contributed by atoms with Gasteiger partial charge in [-0.1, -0.05) is 77.4 Å². The van der Waals surface area contributed by atoms with E-state index < -0.39 is 0 Å². The third-order valence-corrected chi connectivity index (χ3v) is 5.97. The van der Waals surface area contributed by atoms with Crippen molar-refractivity contribution in [2.45, 2.75) is 5.16 Å². The molecule has 0 aliphatic carbocycles. The molecule has 158 valence electrons. The van der Waals surface area contributed by atoms with Gasteiger partial charge >= 0.3 is 0 Å². The lowest BCUT2D eigenvalue weighted by molar-refractivity contribution is 0.344. The van der Waals surface area contributed by atoms with Gasteiger partial charge in [-0.15, -0.1) is 10.2 Å². The quantitative estimate of drug-likeness (QED) is 0.219. The van der Waals surface area contributed by atoms with Crippen LogP contribution in [0.3, 0.4) is 0 Å². The van der Waals surface area contributed by atoms with Crippen molar-refractivity contribution in [2.75, 3.05) is 19.5 Å². The number of hydrogen-bond donors (Lipinski definition) is 0. The van der Waals surface area contributed by atoms with E-state index in [0.29, 0.717) is 33.9 Å². The van der Waals surface area contributed by atoms with E-state index in [0.717, 1.165) is 22.2 Å². The molecule has 0 atom stereocenters. The first-order valence-electron chi connectivity index (χ1n) is 9.52. The van der Waals surface area contributed by atoms with E-state index in [1.54, 1.807) is 24.9 Å². The minimum atomic E-state index is 0.477. The summed E-state index contributed by atoms with van der Waals surface area (Å²) in [5.41, 5.74) is 1.81. The van der Waals surface area contributed by atoms with Gasteiger partial charge in [-0.3, -0.25) is 4.57 Å². The fraction of sp³-hybridized carbons (Fsp3) is 0.130. The van der Waals surface area contributed by atoms with Crippen LogP contribution < -0.4 is 9.47 Å². The topological polar surface area (TPSA) is 49.2 Å². The van der Waals surface area contributed by atoms with E-state index >= 15 is 0 Å². The van der Waals surface area contributed by atoms with Crippen molar-refractivity contribution in [2.24, 2.45) is 0 Å². The van der Waals surface area contributed by atoms with E-state index in [-0.39, 0.29) is 0 Å². The Morgan fingerprint density at radius 2 is 1.65 bits per heavy atom. The van der Waals surface area contributed by atoms with Gasteiger partial charge in [-0.2, -0.15) is 0 Å². The molecule has 0 saturated carbocycles. The van der Waals surface area contributed by atoms with Gasteiger partial charge in [-0.05, 0) is 30.3 Å². The monoisotopic (exact) mass is 471 g/mol. The van der Waals surface area contributed by atoms with E-state index in [1.807, 2.05) is 71.3 Å². The van der Waals surface area contributed by atoms with E-state index in [2.05, 4.69) is 10.2 Å². The first-order chi connectivity index (χ1) is 15.2. The van der Waals surface area contributed by atoms with Gasteiger partial charge in [0.05, 0.1) is 29.4 Å². The highest BCUT2D eigenvalue weighted by Crippen LogP contribution is 2.32. The maximum Gasteiger partial charge on any atom is 0.196 e. The molecule has 0 amide bonds. The molecule has 0 saturated heterocycles. The molecule has 1 heterocycles. The zero-order valence-electron chi connectivity index (χ0n) is 16.7. The molecule has 0 N–H and O–H groups in total. The maximum absolute atomic E-state index is 6.39. The summed E-state index contributed by atoms with van der Waals surface area (Å²) in [6.45, 7) is 0.477. The van der Waals surface area contributed by atoms with Crippen LogP contribution in [-0.2, 0) is 0 Å². The predicted molar refractivity (Wildman–Crippen MR) is 126 cm³/mol. The van der Waals surface area contributed by atoms with E-state index in [1.165, 1.54) is 0 Å². The SMILES string of the molecule is COc1ccc(-n2c(SCCOc3ccccc3Cl)nnc2-c2ccccc2)cc1Cl. The molecule has 0 spiro atoms. The van der Waals surface area contributed by atoms with Crippen molar-refractivity contribution in [3.8, 4) is 28.6 Å². The smallest absolute Gasteiger partial charge is 0.196 e. The zero-order chi connectivity index (χ0) is 21.6. The lowest BCUT2D eigenvalue weighted by atomic mass is 10.2. The third-order valence-electron chi connectivity index (χ3n) is 4.47. The first kappa shape index (κ1) is 21.6. The Labute approximate surface area is 194 Å². The Morgan fingerprint density at radius 3 is 2.39 bits per heavy atom. The molecule has 0 aliphatic rings. The summed E-state index contributed by atoms with van der Waals surface area (Å²) in [6, 6.07) is 23.0. The average Bonchev–Trinajstić information content (AvgIpc) is 3.22. The molecule has 8 heteroatoms. The predicted octanol–water partition coefficient (Wildman–Crippen LogP) is 6.42. The Balaban J connectivity index is 1.59. The molecule has 0 unspecified atom stereocenters. The molecular weight excluding hydrogens is 453 g/mol. The van der Waals surface area contributed by atoms with Crippen molar-refractivity contribution >= 4 is 35.0 Å². The summed E-state index contributed by atoms with van der Waals surface area (Å²) in [6.07, 6.45) is 0. The van der Waals surface area contributed by atoms with Gasteiger partial charge < -0.3 is 9.47 Å². The summed E-state index contributed by atoms with van der Waals surface area (Å²) in [7, 11) is 1.59. The number of thioether (sulfide) groups is 1. The minimum absolute atomic E-state index is 0.477. The first-order valence-corrected chi connectivity index (χ1v) is 11.3. The van der Waals surface area contributed by atoms with Crippen LogP contribution in [0.15, 0.2) is 78.0 Å². The lowest BCUT2D eigenvalue weighted by Gasteiger charge is -2.12. The molecule has 5 nitrogen and oxygen atoms in total. The Kier molecular flexibility index (Phi) is 7.02. The second-order valence-corrected chi connectivity index (χ2v) is 8.33. The van der Waals surface area contributed by atoms with Gasteiger partial charge in [0.25, 0.3) is 0 Å². The second-order valence-electron chi connectivity index (χ2n) is 6.45. The molecule has 31 heavy (non-hydrogen) atoms. The number of nitrogens with zero attached hydrogens (tertiary/aromatic N) is 3.